The standard InChI is InChI=1S/C33H26NO3P.2C18H15P.CH2Cl2.BF4.ClH.Os/c1-27(16-15-17-28(33(35)37-2)26-34(36)29-18-7-3-8-19-29)38(30-20-9-4-10-21-30,31-22-11-5-12-23-31)32-24-13-6-14-25-32;2*1-4-10-16(11-5-1)19(17-12-6-2-7-13-17)18-14-8-3-9-15-18;2-1-3;2-1(3,4)5;;/h1,3-14,16-25H,2H3;2*1-15H;1H2;;1H;/q-2;;;;-1;;+4/p-1/b28-17+;;;;;;. The minimum Gasteiger partial charge on any atom is -1.00 e. The third-order valence-corrected chi connectivity index (χ3v) is 21.0. The zero-order chi connectivity index (χ0) is 59.8. The Labute approximate surface area is 535 Å². The van der Waals surface area contributed by atoms with Gasteiger partial charge >= 0.3 is 27.0 Å². The van der Waals surface area contributed by atoms with Crippen molar-refractivity contribution in [1.29, 1.82) is 0 Å². The van der Waals surface area contributed by atoms with Crippen LogP contribution in [0.3, 0.4) is 0 Å². The van der Waals surface area contributed by atoms with Gasteiger partial charge in [0.25, 0.3) is 0 Å². The van der Waals surface area contributed by atoms with Crippen LogP contribution < -0.4 is 60.1 Å². The van der Waals surface area contributed by atoms with Crippen molar-refractivity contribution in [3.63, 3.8) is 0 Å². The van der Waals surface area contributed by atoms with Crippen molar-refractivity contribution in [2.75, 3.05) is 12.4 Å². The van der Waals surface area contributed by atoms with Crippen LogP contribution in [0.4, 0.5) is 23.0 Å². The summed E-state index contributed by atoms with van der Waals surface area (Å²) in [6, 6.07) is 104. The largest absolute Gasteiger partial charge is 4.00 e. The summed E-state index contributed by atoms with van der Waals surface area (Å²) in [6.45, 7) is 6.95. The van der Waals surface area contributed by atoms with Crippen molar-refractivity contribution in [3.8, 4) is 0 Å². The Morgan fingerprint density at radius 1 is 0.500 bits per heavy atom. The monoisotopic (exact) mass is 1440 g/mol. The summed E-state index contributed by atoms with van der Waals surface area (Å²) in [4.78, 5) is 12.4. The number of rotatable bonds is 15. The van der Waals surface area contributed by atoms with E-state index in [1.54, 1.807) is 36.4 Å². The van der Waals surface area contributed by atoms with Crippen molar-refractivity contribution in [2.45, 2.75) is 0 Å². The van der Waals surface area contributed by atoms with Gasteiger partial charge in [0.1, 0.15) is 11.9 Å². The molecule has 0 unspecified atom stereocenters. The number of alkyl halides is 2. The van der Waals surface area contributed by atoms with Crippen LogP contribution in [0.5, 0.6) is 0 Å². The fraction of sp³-hybridized carbons (Fsp3) is 0.0286. The van der Waals surface area contributed by atoms with Gasteiger partial charge in [-0.1, -0.05) is 260 Å². The normalized spacial score (nSPS) is 11.0. The van der Waals surface area contributed by atoms with Gasteiger partial charge in [0.05, 0.1) is 35.6 Å². The van der Waals surface area contributed by atoms with Crippen molar-refractivity contribution in [2.24, 2.45) is 0 Å². The number of ether oxygens (including phenoxy) is 1. The molecule has 0 N–H and O–H groups in total. The maximum atomic E-state index is 12.6. The molecular formula is C70H58BCl3F4NO3OsP3. The van der Waals surface area contributed by atoms with Crippen LogP contribution in [-0.2, 0) is 29.3 Å². The Balaban J connectivity index is 0.000000277. The second-order valence-electron chi connectivity index (χ2n) is 17.5. The van der Waals surface area contributed by atoms with E-state index in [1.165, 1.54) is 45.0 Å². The average molecular weight is 1440 g/mol. The maximum Gasteiger partial charge on any atom is 4.00 e. The quantitative estimate of drug-likeness (QED) is 0.00836. The zero-order valence-electron chi connectivity index (χ0n) is 46.4. The molecule has 10 aromatic carbocycles. The number of esters is 1. The Hall–Kier alpha value is -7.06. The van der Waals surface area contributed by atoms with Crippen LogP contribution in [-0.4, -0.2) is 36.6 Å². The van der Waals surface area contributed by atoms with E-state index in [4.69, 9.17) is 34.5 Å². The molecule has 0 aliphatic rings. The first kappa shape index (κ1) is 71.4. The number of hydrogen-bond acceptors (Lipinski definition) is 3. The number of hydrogen-bond donors (Lipinski definition) is 0. The van der Waals surface area contributed by atoms with E-state index in [-0.39, 0.29) is 43.1 Å². The van der Waals surface area contributed by atoms with Crippen molar-refractivity contribution >= 4 is 119 Å². The van der Waals surface area contributed by atoms with Crippen LogP contribution in [0.15, 0.2) is 326 Å². The Morgan fingerprint density at radius 2 is 0.721 bits per heavy atom. The number of benzene rings is 10. The predicted molar refractivity (Wildman–Crippen MR) is 353 cm³/mol. The van der Waals surface area contributed by atoms with Gasteiger partial charge in [-0.3, -0.25) is 16.9 Å². The molecule has 436 valence electrons. The first-order valence-electron chi connectivity index (χ1n) is 26.1. The van der Waals surface area contributed by atoms with Crippen LogP contribution in [0, 0.1) is 17.9 Å². The summed E-state index contributed by atoms with van der Waals surface area (Å²) in [5.74, 6) is -0.712. The van der Waals surface area contributed by atoms with Crippen LogP contribution in [0.1, 0.15) is 0 Å². The molecule has 0 aliphatic carbocycles. The van der Waals surface area contributed by atoms with Crippen LogP contribution >= 0.6 is 46.3 Å². The smallest absolute Gasteiger partial charge is 1.00 e. The predicted octanol–water partition coefficient (Wildman–Crippen LogP) is 12.2. The van der Waals surface area contributed by atoms with Crippen molar-refractivity contribution in [1.82, 2.24) is 0 Å². The number of halogens is 7. The summed E-state index contributed by atoms with van der Waals surface area (Å²) in [7, 11) is -8.12. The topological polar surface area (TPSA) is 52.4 Å². The van der Waals surface area contributed by atoms with Gasteiger partial charge in [-0.2, -0.15) is 5.31 Å². The van der Waals surface area contributed by atoms with Gasteiger partial charge in [-0.05, 0) is 96.2 Å². The number of nitrogens with zero attached hydrogens (tertiary/aromatic N) is 1. The van der Waals surface area contributed by atoms with E-state index in [0.29, 0.717) is 15.7 Å². The molecule has 0 aliphatic heterocycles. The number of carbonyl (C=O) groups is 1. The van der Waals surface area contributed by atoms with Crippen molar-refractivity contribution < 1.29 is 63.7 Å². The van der Waals surface area contributed by atoms with Gasteiger partial charge < -0.3 is 57.1 Å². The van der Waals surface area contributed by atoms with E-state index in [0.717, 1.165) is 15.9 Å². The third kappa shape index (κ3) is 22.3. The molecule has 0 bridgehead atoms. The number of allylic oxidation sites excluding steroid dienone is 4. The fourth-order valence-electron chi connectivity index (χ4n) is 8.50. The number of carbonyl (C=O) groups excluding carboxylic acids is 1. The Morgan fingerprint density at radius 3 is 0.953 bits per heavy atom. The van der Waals surface area contributed by atoms with Gasteiger partial charge in [0, 0.05) is 0 Å². The van der Waals surface area contributed by atoms with E-state index in [2.05, 4.69) is 231 Å². The number of para-hydroxylation sites is 1. The summed E-state index contributed by atoms with van der Waals surface area (Å²) in [6.07, 6.45) is 8.59. The van der Waals surface area contributed by atoms with Crippen LogP contribution in [0.2, 0.25) is 0 Å². The number of methoxy groups -OCH3 is 1. The maximum absolute atomic E-state index is 12.6. The minimum absolute atomic E-state index is 0. The average Bonchev–Trinajstić information content (AvgIpc) is 2.26. The molecule has 86 heavy (non-hydrogen) atoms. The molecule has 10 rings (SSSR count). The molecule has 0 heterocycles. The molecule has 0 saturated carbocycles. The first-order chi connectivity index (χ1) is 40.9. The van der Waals surface area contributed by atoms with Gasteiger partial charge in [0.2, 0.25) is 0 Å². The Bertz CT molecular complexity index is 3180. The summed E-state index contributed by atoms with van der Waals surface area (Å²) in [5, 5.41) is 25.0. The molecule has 0 amide bonds. The van der Waals surface area contributed by atoms with Gasteiger partial charge in [0.15, 0.2) is 5.97 Å². The first-order valence-corrected chi connectivity index (χ1v) is 31.7. The van der Waals surface area contributed by atoms with E-state index < -0.39 is 36.3 Å². The Kier molecular flexibility index (Phi) is 32.3. The van der Waals surface area contributed by atoms with Gasteiger partial charge in [-0.25, -0.2) is 0 Å². The second-order valence-corrected chi connectivity index (χ2v) is 26.1. The molecule has 0 atom stereocenters. The molecule has 0 spiro atoms. The van der Waals surface area contributed by atoms with E-state index in [1.807, 2.05) is 54.6 Å². The van der Waals surface area contributed by atoms with E-state index >= 15 is 0 Å². The SMILES string of the molecule is ClCCl.F[B-](F)(F)F.[CH-]=C(C=[C-]/C=C(\[C-]=[N+]([O-])c1ccccc1)C(=O)OC)[P+](c1ccccc1)(c1ccccc1)c1ccccc1.[Cl-].[Os+4].c1ccc(P(c2ccccc2)c2ccccc2)cc1.c1ccc(P(c2ccccc2)c2ccccc2)cc1. The molecule has 10 aromatic rings. The summed E-state index contributed by atoms with van der Waals surface area (Å²) in [5.41, 5.74) is 0.248. The minimum atomic E-state index is -6.00. The molecule has 0 saturated heterocycles. The molecule has 0 aromatic heterocycles. The van der Waals surface area contributed by atoms with Gasteiger partial charge in [-0.15, -0.1) is 23.2 Å². The molecule has 0 radical (unpaired) electrons. The molecule has 16 heteroatoms. The molecule has 4 nitrogen and oxygen atoms in total. The van der Waals surface area contributed by atoms with Crippen molar-refractivity contribution in [3.05, 3.63) is 344 Å². The van der Waals surface area contributed by atoms with Crippen LogP contribution in [0.25, 0.3) is 0 Å². The zero-order valence-corrected chi connectivity index (χ0v) is 53.9. The van der Waals surface area contributed by atoms with E-state index in [9.17, 15) is 27.3 Å². The third-order valence-electron chi connectivity index (χ3n) is 12.0. The summed E-state index contributed by atoms with van der Waals surface area (Å²) >= 11 is 9.53. The molecular weight excluding hydrogens is 1380 g/mol. The summed E-state index contributed by atoms with van der Waals surface area (Å²) < 4.78 is 44.4. The fourth-order valence-corrected chi connectivity index (χ4v) is 17.0. The molecule has 0 fully saturated rings. The second kappa shape index (κ2) is 38.9.